The highest BCUT2D eigenvalue weighted by Crippen LogP contribution is 2.23. The summed E-state index contributed by atoms with van der Waals surface area (Å²) in [5.74, 6) is 0.105. The summed E-state index contributed by atoms with van der Waals surface area (Å²) >= 11 is 0. The van der Waals surface area contributed by atoms with Crippen LogP contribution >= 0.6 is 37.2 Å². The number of amides is 1. The average Bonchev–Trinajstić information content (AvgIpc) is 3.33. The zero-order valence-electron chi connectivity index (χ0n) is 16.8. The molecule has 11 heteroatoms. The second kappa shape index (κ2) is 10.7. The Kier molecular flexibility index (Phi) is 8.49. The summed E-state index contributed by atoms with van der Waals surface area (Å²) in [6.45, 7) is 2.61. The molecule has 0 aliphatic carbocycles. The summed E-state index contributed by atoms with van der Waals surface area (Å²) in [7, 11) is 0. The molecule has 1 amide bonds. The minimum absolute atomic E-state index is 0. The Bertz CT molecular complexity index is 1160. The molecule has 2 aromatic heterocycles. The number of rotatable bonds is 2. The van der Waals surface area contributed by atoms with Gasteiger partial charge < -0.3 is 14.8 Å². The van der Waals surface area contributed by atoms with E-state index in [4.69, 9.17) is 0 Å². The third-order valence-corrected chi connectivity index (χ3v) is 5.23. The van der Waals surface area contributed by atoms with Crippen molar-refractivity contribution in [2.45, 2.75) is 0 Å². The summed E-state index contributed by atoms with van der Waals surface area (Å²) in [5, 5.41) is 3.79. The van der Waals surface area contributed by atoms with Crippen LogP contribution in [0.25, 0.3) is 17.1 Å². The van der Waals surface area contributed by atoms with Crippen molar-refractivity contribution in [3.63, 3.8) is 0 Å². The number of para-hydroxylation sites is 1. The predicted octanol–water partition coefficient (Wildman–Crippen LogP) is 3.62. The van der Waals surface area contributed by atoms with Crippen molar-refractivity contribution in [1.82, 2.24) is 20.2 Å². The van der Waals surface area contributed by atoms with Crippen LogP contribution in [0.4, 0.5) is 10.1 Å². The molecule has 7 nitrogen and oxygen atoms in total. The van der Waals surface area contributed by atoms with Crippen LogP contribution in [0.2, 0.25) is 0 Å². The number of aromatic amines is 1. The molecule has 5 rings (SSSR count). The number of nitrogens with zero attached hydrogens (tertiary/aromatic N) is 4. The average molecular weight is 500 g/mol. The smallest absolute Gasteiger partial charge is 0.276 e. The zero-order valence-corrected chi connectivity index (χ0v) is 19.3. The molecular weight excluding hydrogens is 478 g/mol. The van der Waals surface area contributed by atoms with Gasteiger partial charge in [0.15, 0.2) is 0 Å². The van der Waals surface area contributed by atoms with E-state index in [1.807, 2.05) is 34.2 Å². The standard InChI is InChI=1S/C21H19FN6O.3ClH/c22-16-5-1-2-6-18(16)27-8-10-28(11-9-27)21-25-17(20(29)26-21)12-14-13-24-19-15(14)4-3-7-23-19;;;/h1-7,12-13H,8-11H2,(H,23,24)(H,25,26,29);3*1H. The molecule has 4 heterocycles. The Balaban J connectivity index is 0.00000121. The topological polar surface area (TPSA) is 76.6 Å². The number of pyridine rings is 1. The Hall–Kier alpha value is -2.81. The molecule has 1 fully saturated rings. The normalized spacial score (nSPS) is 16.7. The first kappa shape index (κ1) is 25.5. The molecule has 0 unspecified atom stereocenters. The number of aromatic nitrogens is 2. The van der Waals surface area contributed by atoms with Gasteiger partial charge in [-0.2, -0.15) is 0 Å². The van der Waals surface area contributed by atoms with Gasteiger partial charge in [0, 0.05) is 49.5 Å². The van der Waals surface area contributed by atoms with E-state index in [1.54, 1.807) is 24.4 Å². The number of piperazine rings is 1. The first-order valence-corrected chi connectivity index (χ1v) is 9.47. The lowest BCUT2D eigenvalue weighted by Crippen LogP contribution is -2.52. The van der Waals surface area contributed by atoms with Gasteiger partial charge in [-0.15, -0.1) is 37.2 Å². The van der Waals surface area contributed by atoms with Crippen LogP contribution in [0, 0.1) is 5.82 Å². The molecule has 1 saturated heterocycles. The minimum Gasteiger partial charge on any atom is -0.366 e. The molecular formula is C21H22Cl3FN6O. The zero-order chi connectivity index (χ0) is 19.8. The molecule has 0 saturated carbocycles. The number of carbonyl (C=O) groups is 1. The van der Waals surface area contributed by atoms with Crippen LogP contribution in [-0.4, -0.2) is 52.9 Å². The minimum atomic E-state index is -0.227. The first-order chi connectivity index (χ1) is 14.2. The lowest BCUT2D eigenvalue weighted by Gasteiger charge is -2.36. The van der Waals surface area contributed by atoms with Gasteiger partial charge >= 0.3 is 0 Å². The second-order valence-corrected chi connectivity index (χ2v) is 6.99. The molecule has 3 aromatic rings. The number of nitrogens with one attached hydrogen (secondary N) is 2. The van der Waals surface area contributed by atoms with E-state index in [0.717, 1.165) is 16.6 Å². The van der Waals surface area contributed by atoms with Gasteiger partial charge in [-0.3, -0.25) is 10.1 Å². The van der Waals surface area contributed by atoms with Crippen molar-refractivity contribution in [2.75, 3.05) is 31.1 Å². The van der Waals surface area contributed by atoms with Crippen molar-refractivity contribution in [1.29, 1.82) is 0 Å². The number of fused-ring (bicyclic) bond motifs is 1. The molecule has 0 atom stereocenters. The van der Waals surface area contributed by atoms with Crippen LogP contribution in [0.1, 0.15) is 5.56 Å². The Morgan fingerprint density at radius 1 is 0.969 bits per heavy atom. The van der Waals surface area contributed by atoms with E-state index < -0.39 is 0 Å². The lowest BCUT2D eigenvalue weighted by molar-refractivity contribution is -0.115. The van der Waals surface area contributed by atoms with Crippen LogP contribution in [-0.2, 0) is 4.79 Å². The quantitative estimate of drug-likeness (QED) is 0.528. The third-order valence-electron chi connectivity index (χ3n) is 5.23. The van der Waals surface area contributed by atoms with E-state index in [-0.39, 0.29) is 48.9 Å². The number of halogens is 4. The molecule has 0 radical (unpaired) electrons. The lowest BCUT2D eigenvalue weighted by atomic mass is 10.2. The number of aliphatic imine (C=N–C) groups is 1. The van der Waals surface area contributed by atoms with Crippen LogP contribution in [0.5, 0.6) is 0 Å². The fourth-order valence-corrected chi connectivity index (χ4v) is 3.72. The maximum atomic E-state index is 14.0. The van der Waals surface area contributed by atoms with Gasteiger partial charge in [-0.05, 0) is 30.3 Å². The Morgan fingerprint density at radius 2 is 1.69 bits per heavy atom. The molecule has 32 heavy (non-hydrogen) atoms. The summed E-state index contributed by atoms with van der Waals surface area (Å²) in [6, 6.07) is 10.6. The molecule has 0 spiro atoms. The second-order valence-electron chi connectivity index (χ2n) is 6.99. The van der Waals surface area contributed by atoms with Crippen molar-refractivity contribution >= 4 is 71.9 Å². The van der Waals surface area contributed by atoms with Gasteiger partial charge in [0.05, 0.1) is 5.69 Å². The summed E-state index contributed by atoms with van der Waals surface area (Å²) < 4.78 is 14.0. The number of benzene rings is 1. The van der Waals surface area contributed by atoms with Crippen LogP contribution in [0.15, 0.2) is 59.5 Å². The van der Waals surface area contributed by atoms with Gasteiger partial charge in [0.2, 0.25) is 5.96 Å². The Morgan fingerprint density at radius 3 is 2.44 bits per heavy atom. The molecule has 2 aliphatic heterocycles. The highest BCUT2D eigenvalue weighted by molar-refractivity contribution is 6.14. The summed E-state index contributed by atoms with van der Waals surface area (Å²) in [4.78, 5) is 28.3. The Labute approximate surface area is 203 Å². The summed E-state index contributed by atoms with van der Waals surface area (Å²) in [5.41, 5.74) is 2.61. The van der Waals surface area contributed by atoms with Crippen LogP contribution in [0.3, 0.4) is 0 Å². The highest BCUT2D eigenvalue weighted by atomic mass is 35.5. The number of H-pyrrole nitrogens is 1. The largest absolute Gasteiger partial charge is 0.366 e. The number of hydrogen-bond donors (Lipinski definition) is 2. The maximum Gasteiger partial charge on any atom is 0.276 e. The van der Waals surface area contributed by atoms with E-state index >= 15 is 0 Å². The number of guanidine groups is 1. The van der Waals surface area contributed by atoms with Crippen molar-refractivity contribution in [2.24, 2.45) is 4.99 Å². The van der Waals surface area contributed by atoms with Gasteiger partial charge in [0.1, 0.15) is 17.2 Å². The number of hydrogen-bond acceptors (Lipinski definition) is 5. The molecule has 2 aliphatic rings. The molecule has 0 bridgehead atoms. The fourth-order valence-electron chi connectivity index (χ4n) is 3.72. The SMILES string of the molecule is Cl.Cl.Cl.O=C1NC(N2CCN(c3ccccc3F)CC2)=NC1=Cc1c[nH]c2ncccc12. The van der Waals surface area contributed by atoms with Crippen molar-refractivity contribution in [3.05, 3.63) is 65.9 Å². The number of anilines is 1. The molecule has 2 N–H and O–H groups in total. The van der Waals surface area contributed by atoms with E-state index in [0.29, 0.717) is 43.5 Å². The van der Waals surface area contributed by atoms with Crippen LogP contribution < -0.4 is 10.2 Å². The maximum absolute atomic E-state index is 14.0. The predicted molar refractivity (Wildman–Crippen MR) is 132 cm³/mol. The molecule has 1 aromatic carbocycles. The van der Waals surface area contributed by atoms with Gasteiger partial charge in [0.25, 0.3) is 5.91 Å². The van der Waals surface area contributed by atoms with E-state index in [2.05, 4.69) is 20.3 Å². The number of carbonyl (C=O) groups excluding carboxylic acids is 1. The van der Waals surface area contributed by atoms with Crippen molar-refractivity contribution < 1.29 is 9.18 Å². The van der Waals surface area contributed by atoms with E-state index in [9.17, 15) is 9.18 Å². The highest BCUT2D eigenvalue weighted by Gasteiger charge is 2.28. The monoisotopic (exact) mass is 498 g/mol. The summed E-state index contributed by atoms with van der Waals surface area (Å²) in [6.07, 6.45) is 5.30. The first-order valence-electron chi connectivity index (χ1n) is 9.47. The van der Waals surface area contributed by atoms with Gasteiger partial charge in [-0.25, -0.2) is 14.4 Å². The fraction of sp³-hybridized carbons (Fsp3) is 0.190. The van der Waals surface area contributed by atoms with Crippen molar-refractivity contribution in [3.8, 4) is 0 Å². The van der Waals surface area contributed by atoms with Gasteiger partial charge in [-0.1, -0.05) is 12.1 Å². The molecule has 170 valence electrons. The van der Waals surface area contributed by atoms with E-state index in [1.165, 1.54) is 6.07 Å². The third kappa shape index (κ3) is 4.82.